The third-order valence-electron chi connectivity index (χ3n) is 4.50. The van der Waals surface area contributed by atoms with E-state index in [1.165, 1.54) is 31.2 Å². The fourth-order valence-electron chi connectivity index (χ4n) is 2.96. The van der Waals surface area contributed by atoms with Crippen molar-refractivity contribution in [2.75, 3.05) is 10.0 Å². The molecule has 0 spiro atoms. The van der Waals surface area contributed by atoms with Crippen LogP contribution in [0.15, 0.2) is 36.4 Å². The van der Waals surface area contributed by atoms with E-state index < -0.39 is 29.5 Å². The minimum atomic E-state index is -6.24. The lowest BCUT2D eigenvalue weighted by molar-refractivity contribution is -0.348. The first-order valence-corrected chi connectivity index (χ1v) is 9.43. The van der Waals surface area contributed by atoms with E-state index in [1.807, 2.05) is 0 Å². The third kappa shape index (κ3) is 4.78. The molecule has 0 radical (unpaired) electrons. The van der Waals surface area contributed by atoms with Crippen molar-refractivity contribution >= 4 is 29.1 Å². The molecule has 4 nitrogen and oxygen atoms in total. The van der Waals surface area contributed by atoms with Crippen molar-refractivity contribution in [1.82, 2.24) is 0 Å². The van der Waals surface area contributed by atoms with Crippen molar-refractivity contribution in [2.24, 2.45) is 0 Å². The largest absolute Gasteiger partial charge is 0.624 e. The maximum Gasteiger partial charge on any atom is 0.624 e. The van der Waals surface area contributed by atoms with Gasteiger partial charge in [-0.1, -0.05) is 23.8 Å². The van der Waals surface area contributed by atoms with Crippen molar-refractivity contribution in [3.05, 3.63) is 58.7 Å². The maximum absolute atomic E-state index is 14.4. The van der Waals surface area contributed by atoms with Gasteiger partial charge in [0.25, 0.3) is 5.91 Å². The molecular formula is C19H16F7N2O2S+. The summed E-state index contributed by atoms with van der Waals surface area (Å²) in [6, 6.07) is 6.57. The van der Waals surface area contributed by atoms with Crippen molar-refractivity contribution in [3.63, 3.8) is 0 Å². The smallest absolute Gasteiger partial charge is 0.321 e. The van der Waals surface area contributed by atoms with Crippen LogP contribution in [0.1, 0.15) is 34.0 Å². The van der Waals surface area contributed by atoms with E-state index in [0.717, 1.165) is 6.92 Å². The molecule has 2 N–H and O–H groups in total. The van der Waals surface area contributed by atoms with Gasteiger partial charge in [0.1, 0.15) is 0 Å². The molecule has 1 amide bonds. The average molecular weight is 469 g/mol. The minimum Gasteiger partial charge on any atom is -0.321 e. The van der Waals surface area contributed by atoms with Gasteiger partial charge in [-0.15, -0.1) is 0 Å². The first-order chi connectivity index (χ1) is 14.3. The molecule has 0 fully saturated rings. The zero-order valence-corrected chi connectivity index (χ0v) is 16.9. The van der Waals surface area contributed by atoms with Gasteiger partial charge < -0.3 is 5.32 Å². The van der Waals surface area contributed by atoms with Crippen LogP contribution in [0.4, 0.5) is 42.1 Å². The number of hydrogen-bond acceptors (Lipinski definition) is 2. The quantitative estimate of drug-likeness (QED) is 0.317. The summed E-state index contributed by atoms with van der Waals surface area (Å²) in [5.74, 6) is -0.719. The highest BCUT2D eigenvalue weighted by molar-refractivity contribution is 7.67. The van der Waals surface area contributed by atoms with Crippen LogP contribution in [-0.4, -0.2) is 18.3 Å². The Hall–Kier alpha value is -2.76. The molecule has 168 valence electrons. The second kappa shape index (κ2) is 8.77. The molecule has 12 heteroatoms. The number of rotatable bonds is 6. The Kier molecular flexibility index (Phi) is 6.94. The molecule has 0 unspecified atom stereocenters. The molecule has 2 rings (SSSR count). The summed E-state index contributed by atoms with van der Waals surface area (Å²) in [6.07, 6.45) is -12.6. The SMILES string of the molecule is CCc1cc(C(F)(C(F)(F)F)C(F)(F)F)cc(C)c1NC(=O)c1cccc(N[S+]=O)c1. The van der Waals surface area contributed by atoms with Crippen molar-refractivity contribution in [1.29, 1.82) is 0 Å². The Balaban J connectivity index is 2.52. The Bertz CT molecular complexity index is 976. The summed E-state index contributed by atoms with van der Waals surface area (Å²) in [5, 5.41) is 2.43. The van der Waals surface area contributed by atoms with Crippen molar-refractivity contribution < 1.29 is 39.7 Å². The third-order valence-corrected chi connectivity index (χ3v) is 4.82. The molecule has 31 heavy (non-hydrogen) atoms. The Labute approximate surface area is 176 Å². The van der Waals surface area contributed by atoms with E-state index in [9.17, 15) is 39.7 Å². The Morgan fingerprint density at radius 1 is 1.00 bits per heavy atom. The van der Waals surface area contributed by atoms with Crippen LogP contribution in [-0.2, 0) is 28.2 Å². The van der Waals surface area contributed by atoms with Crippen LogP contribution < -0.4 is 10.0 Å². The van der Waals surface area contributed by atoms with E-state index in [4.69, 9.17) is 0 Å². The number of carbonyl (C=O) groups excluding carboxylic acids is 1. The molecule has 0 saturated carbocycles. The highest BCUT2D eigenvalue weighted by Crippen LogP contribution is 2.53. The van der Waals surface area contributed by atoms with E-state index >= 15 is 0 Å². The predicted octanol–water partition coefficient (Wildman–Crippen LogP) is 5.85. The number of amides is 1. The fraction of sp³-hybridized carbons (Fsp3) is 0.316. The average Bonchev–Trinajstić information content (AvgIpc) is 2.67. The fourth-order valence-corrected chi connectivity index (χ4v) is 3.19. The van der Waals surface area contributed by atoms with E-state index in [1.54, 1.807) is 0 Å². The summed E-state index contributed by atoms with van der Waals surface area (Å²) in [5.41, 5.74) is -7.10. The molecule has 0 aliphatic heterocycles. The van der Waals surface area contributed by atoms with Crippen LogP contribution in [0.2, 0.25) is 0 Å². The lowest BCUT2D eigenvalue weighted by atomic mass is 9.89. The number of nitrogens with one attached hydrogen (secondary N) is 2. The second-order valence-corrected chi connectivity index (χ2v) is 6.93. The normalized spacial score (nSPS) is 12.4. The van der Waals surface area contributed by atoms with E-state index in [-0.39, 0.29) is 40.7 Å². The molecule has 2 aromatic carbocycles. The number of carbonyl (C=O) groups is 1. The van der Waals surface area contributed by atoms with Gasteiger partial charge in [0.15, 0.2) is 0 Å². The molecule has 0 atom stereocenters. The van der Waals surface area contributed by atoms with Crippen LogP contribution in [0.5, 0.6) is 0 Å². The lowest BCUT2D eigenvalue weighted by Gasteiger charge is -2.31. The highest BCUT2D eigenvalue weighted by atomic mass is 32.2. The Morgan fingerprint density at radius 2 is 1.61 bits per heavy atom. The van der Waals surface area contributed by atoms with Gasteiger partial charge in [-0.25, -0.2) is 4.39 Å². The highest BCUT2D eigenvalue weighted by Gasteiger charge is 2.73. The molecule has 0 heterocycles. The predicted molar refractivity (Wildman–Crippen MR) is 102 cm³/mol. The van der Waals surface area contributed by atoms with Gasteiger partial charge in [-0.3, -0.25) is 4.79 Å². The van der Waals surface area contributed by atoms with Crippen molar-refractivity contribution in [3.8, 4) is 0 Å². The Morgan fingerprint density at radius 3 is 2.13 bits per heavy atom. The van der Waals surface area contributed by atoms with Gasteiger partial charge >= 0.3 is 29.9 Å². The van der Waals surface area contributed by atoms with Gasteiger partial charge in [0.2, 0.25) is 0 Å². The number of benzene rings is 2. The summed E-state index contributed by atoms with van der Waals surface area (Å²) < 4.78 is 106. The molecule has 0 aliphatic rings. The number of anilines is 2. The number of hydrogen-bond donors (Lipinski definition) is 2. The number of halogens is 7. The van der Waals surface area contributed by atoms with Crippen LogP contribution in [0, 0.1) is 6.92 Å². The van der Waals surface area contributed by atoms with Gasteiger partial charge in [0, 0.05) is 16.8 Å². The van der Waals surface area contributed by atoms with E-state index in [2.05, 4.69) is 10.0 Å². The molecule has 0 bridgehead atoms. The molecular weight excluding hydrogens is 453 g/mol. The lowest BCUT2D eigenvalue weighted by Crippen LogP contribution is -2.50. The summed E-state index contributed by atoms with van der Waals surface area (Å²) in [6.45, 7) is 2.60. The second-order valence-electron chi connectivity index (χ2n) is 6.56. The summed E-state index contributed by atoms with van der Waals surface area (Å²) in [7, 11) is 0. The van der Waals surface area contributed by atoms with Gasteiger partial charge in [0.05, 0.1) is 9.90 Å². The van der Waals surface area contributed by atoms with Crippen LogP contribution in [0.25, 0.3) is 0 Å². The van der Waals surface area contributed by atoms with E-state index in [0.29, 0.717) is 17.8 Å². The molecule has 2 aromatic rings. The first kappa shape index (κ1) is 24.5. The van der Waals surface area contributed by atoms with Crippen LogP contribution in [0.3, 0.4) is 0 Å². The molecule has 0 saturated heterocycles. The van der Waals surface area contributed by atoms with Gasteiger partial charge in [-0.2, -0.15) is 26.3 Å². The zero-order valence-electron chi connectivity index (χ0n) is 16.0. The summed E-state index contributed by atoms with van der Waals surface area (Å²) in [4.78, 5) is 12.5. The minimum absolute atomic E-state index is 0.0282. The van der Waals surface area contributed by atoms with Crippen molar-refractivity contribution in [2.45, 2.75) is 38.3 Å². The maximum atomic E-state index is 14.4. The van der Waals surface area contributed by atoms with Crippen LogP contribution >= 0.6 is 0 Å². The topological polar surface area (TPSA) is 58.2 Å². The first-order valence-electron chi connectivity index (χ1n) is 8.68. The molecule has 0 aliphatic carbocycles. The number of alkyl halides is 7. The summed E-state index contributed by atoms with van der Waals surface area (Å²) >= 11 is 0.0444. The monoisotopic (exact) mass is 469 g/mol. The zero-order chi connectivity index (χ0) is 23.6. The molecule has 0 aromatic heterocycles. The number of aryl methyl sites for hydroxylation is 2. The van der Waals surface area contributed by atoms with Gasteiger partial charge in [-0.05, 0) is 48.7 Å². The standard InChI is InChI=1S/C19H15F7N2O2S/c1-3-11-8-13(17(20,18(21,22)23)19(24,25)26)7-10(2)15(11)27-16(29)12-5-4-6-14(9-12)28-31-30/h4-9H,3H2,1-2H3,(H-,27,28,29,30)/p+1.